The van der Waals surface area contributed by atoms with Crippen molar-refractivity contribution in [2.24, 2.45) is 23.2 Å². The molecule has 2 fully saturated rings. The lowest BCUT2D eigenvalue weighted by atomic mass is 9.55. The van der Waals surface area contributed by atoms with Crippen LogP contribution in [0.3, 0.4) is 0 Å². The van der Waals surface area contributed by atoms with Crippen molar-refractivity contribution in [1.29, 1.82) is 0 Å². The third-order valence-electron chi connectivity index (χ3n) is 7.37. The Balaban J connectivity index is 1.43. The van der Waals surface area contributed by atoms with E-state index in [1.54, 1.807) is 0 Å². The summed E-state index contributed by atoms with van der Waals surface area (Å²) in [6.07, 6.45) is 5.47. The van der Waals surface area contributed by atoms with Crippen molar-refractivity contribution in [3.05, 3.63) is 47.5 Å². The lowest BCUT2D eigenvalue weighted by Crippen LogP contribution is -2.54. The second kappa shape index (κ2) is 7.40. The Morgan fingerprint density at radius 2 is 2.07 bits per heavy atom. The number of hydrogen-bond acceptors (Lipinski definition) is 4. The molecule has 27 heavy (non-hydrogen) atoms. The summed E-state index contributed by atoms with van der Waals surface area (Å²) in [5, 5.41) is 14.8. The first kappa shape index (κ1) is 18.7. The highest BCUT2D eigenvalue weighted by Crippen LogP contribution is 2.55. The number of carbonyl (C=O) groups is 1. The van der Waals surface area contributed by atoms with Crippen molar-refractivity contribution in [2.45, 2.75) is 51.7 Å². The molecule has 4 heteroatoms. The SMILES string of the molecule is CC1CCC=C2CC3OC(=O)C(CNCCc4ccccc4)C3C(O)C21C. The van der Waals surface area contributed by atoms with E-state index in [-0.39, 0.29) is 29.3 Å². The molecular weight excluding hydrogens is 338 g/mol. The highest BCUT2D eigenvalue weighted by Gasteiger charge is 2.59. The maximum Gasteiger partial charge on any atom is 0.311 e. The van der Waals surface area contributed by atoms with Gasteiger partial charge in [0, 0.05) is 24.3 Å². The largest absolute Gasteiger partial charge is 0.461 e. The zero-order chi connectivity index (χ0) is 19.0. The molecule has 1 aliphatic heterocycles. The van der Waals surface area contributed by atoms with Crippen molar-refractivity contribution in [3.8, 4) is 0 Å². The summed E-state index contributed by atoms with van der Waals surface area (Å²) in [5.74, 6) is -0.0831. The zero-order valence-corrected chi connectivity index (χ0v) is 16.4. The van der Waals surface area contributed by atoms with E-state index in [1.165, 1.54) is 11.1 Å². The van der Waals surface area contributed by atoms with Gasteiger partial charge in [-0.3, -0.25) is 4.79 Å². The summed E-state index contributed by atoms with van der Waals surface area (Å²) in [4.78, 5) is 12.5. The van der Waals surface area contributed by atoms with Crippen molar-refractivity contribution in [3.63, 3.8) is 0 Å². The number of aliphatic hydroxyl groups is 1. The molecule has 0 aromatic heterocycles. The average Bonchev–Trinajstić information content (AvgIpc) is 2.98. The number of ether oxygens (including phenoxy) is 1. The number of benzene rings is 1. The first-order valence-corrected chi connectivity index (χ1v) is 10.3. The fourth-order valence-corrected chi connectivity index (χ4v) is 5.43. The number of fused-ring (bicyclic) bond motifs is 2. The highest BCUT2D eigenvalue weighted by molar-refractivity contribution is 5.76. The van der Waals surface area contributed by atoms with Gasteiger partial charge in [0.05, 0.1) is 12.0 Å². The maximum atomic E-state index is 12.5. The van der Waals surface area contributed by atoms with Crippen molar-refractivity contribution < 1.29 is 14.6 Å². The summed E-state index contributed by atoms with van der Waals surface area (Å²) in [6, 6.07) is 10.3. The topological polar surface area (TPSA) is 58.6 Å². The molecule has 4 rings (SSSR count). The van der Waals surface area contributed by atoms with Crippen LogP contribution in [0.5, 0.6) is 0 Å². The third kappa shape index (κ3) is 3.23. The predicted octanol–water partition coefficient (Wildman–Crippen LogP) is 3.10. The summed E-state index contributed by atoms with van der Waals surface area (Å²) < 4.78 is 5.71. The second-order valence-electron chi connectivity index (χ2n) is 8.74. The van der Waals surface area contributed by atoms with E-state index < -0.39 is 6.10 Å². The van der Waals surface area contributed by atoms with E-state index in [9.17, 15) is 9.90 Å². The zero-order valence-electron chi connectivity index (χ0n) is 16.4. The molecular formula is C23H31NO3. The Bertz CT molecular complexity index is 716. The number of esters is 1. The number of carbonyl (C=O) groups excluding carboxylic acids is 1. The smallest absolute Gasteiger partial charge is 0.311 e. The minimum atomic E-state index is -0.523. The molecule has 2 N–H and O–H groups in total. The van der Waals surface area contributed by atoms with E-state index >= 15 is 0 Å². The van der Waals surface area contributed by atoms with Crippen molar-refractivity contribution in [1.82, 2.24) is 5.32 Å². The van der Waals surface area contributed by atoms with Crippen molar-refractivity contribution in [2.75, 3.05) is 13.1 Å². The van der Waals surface area contributed by atoms with Gasteiger partial charge < -0.3 is 15.2 Å². The molecule has 0 spiro atoms. The Morgan fingerprint density at radius 1 is 1.30 bits per heavy atom. The van der Waals surface area contributed by atoms with Gasteiger partial charge in [-0.1, -0.05) is 55.8 Å². The Morgan fingerprint density at radius 3 is 2.85 bits per heavy atom. The van der Waals surface area contributed by atoms with Crippen LogP contribution in [0.15, 0.2) is 42.0 Å². The summed E-state index contributed by atoms with van der Waals surface area (Å²) in [6.45, 7) is 5.82. The Hall–Kier alpha value is -1.65. The van der Waals surface area contributed by atoms with Crippen LogP contribution < -0.4 is 5.32 Å². The van der Waals surface area contributed by atoms with Gasteiger partial charge >= 0.3 is 5.97 Å². The maximum absolute atomic E-state index is 12.5. The molecule has 0 radical (unpaired) electrons. The molecule has 1 saturated carbocycles. The quantitative estimate of drug-likeness (QED) is 0.476. The summed E-state index contributed by atoms with van der Waals surface area (Å²) >= 11 is 0. The van der Waals surface area contributed by atoms with Crippen LogP contribution in [-0.4, -0.2) is 36.4 Å². The third-order valence-corrected chi connectivity index (χ3v) is 7.37. The van der Waals surface area contributed by atoms with Crippen LogP contribution in [0, 0.1) is 23.2 Å². The number of hydrogen-bond donors (Lipinski definition) is 2. The van der Waals surface area contributed by atoms with E-state index in [4.69, 9.17) is 4.74 Å². The molecule has 1 aromatic rings. The molecule has 6 unspecified atom stereocenters. The lowest BCUT2D eigenvalue weighted by Gasteiger charge is -2.51. The van der Waals surface area contributed by atoms with E-state index in [0.29, 0.717) is 12.5 Å². The molecule has 1 heterocycles. The number of aliphatic hydroxyl groups excluding tert-OH is 1. The van der Waals surface area contributed by atoms with Gasteiger partial charge in [-0.2, -0.15) is 0 Å². The first-order chi connectivity index (χ1) is 13.0. The van der Waals surface area contributed by atoms with Gasteiger partial charge in [-0.15, -0.1) is 0 Å². The molecule has 4 nitrogen and oxygen atoms in total. The number of rotatable bonds is 5. The first-order valence-electron chi connectivity index (χ1n) is 10.3. The average molecular weight is 370 g/mol. The van der Waals surface area contributed by atoms with Crippen molar-refractivity contribution >= 4 is 5.97 Å². The Kier molecular flexibility index (Phi) is 5.13. The standard InChI is InChI=1S/C23H31NO3/c1-15-7-6-10-17-13-19-20(21(25)23(15,17)2)18(22(26)27-19)14-24-12-11-16-8-4-3-5-9-16/h3-5,8-10,15,18-21,24-25H,6-7,11-14H2,1-2H3. The fraction of sp³-hybridized carbons (Fsp3) is 0.609. The van der Waals surface area contributed by atoms with Gasteiger partial charge in [0.15, 0.2) is 0 Å². The van der Waals surface area contributed by atoms with Gasteiger partial charge in [0.25, 0.3) is 0 Å². The van der Waals surface area contributed by atoms with E-state index in [0.717, 1.165) is 32.2 Å². The van der Waals surface area contributed by atoms with Crippen LogP contribution >= 0.6 is 0 Å². The van der Waals surface area contributed by atoms with Crippen LogP contribution in [0.1, 0.15) is 38.7 Å². The molecule has 3 aliphatic rings. The minimum Gasteiger partial charge on any atom is -0.461 e. The summed E-state index contributed by atoms with van der Waals surface area (Å²) in [5.41, 5.74) is 2.35. The monoisotopic (exact) mass is 369 g/mol. The second-order valence-corrected chi connectivity index (χ2v) is 8.74. The molecule has 1 aromatic carbocycles. The van der Waals surface area contributed by atoms with Gasteiger partial charge in [-0.05, 0) is 37.3 Å². The number of allylic oxidation sites excluding steroid dienone is 1. The van der Waals surface area contributed by atoms with Crippen LogP contribution in [0.25, 0.3) is 0 Å². The number of nitrogens with one attached hydrogen (secondary N) is 1. The molecule has 2 aliphatic carbocycles. The summed E-state index contributed by atoms with van der Waals surface area (Å²) in [7, 11) is 0. The van der Waals surface area contributed by atoms with Crippen LogP contribution in [0.2, 0.25) is 0 Å². The highest BCUT2D eigenvalue weighted by atomic mass is 16.6. The minimum absolute atomic E-state index is 0.107. The molecule has 0 bridgehead atoms. The van der Waals surface area contributed by atoms with Gasteiger partial charge in [0.2, 0.25) is 0 Å². The predicted molar refractivity (Wildman–Crippen MR) is 105 cm³/mol. The normalized spacial score (nSPS) is 38.0. The van der Waals surface area contributed by atoms with Gasteiger partial charge in [0.1, 0.15) is 6.10 Å². The molecule has 146 valence electrons. The Labute approximate surface area is 162 Å². The van der Waals surface area contributed by atoms with Crippen LogP contribution in [0.4, 0.5) is 0 Å². The lowest BCUT2D eigenvalue weighted by molar-refractivity contribution is -0.144. The molecule has 1 saturated heterocycles. The van der Waals surface area contributed by atoms with Gasteiger partial charge in [-0.25, -0.2) is 0 Å². The molecule has 0 amide bonds. The fourth-order valence-electron chi connectivity index (χ4n) is 5.43. The molecule has 6 atom stereocenters. The van der Waals surface area contributed by atoms with E-state index in [2.05, 4.69) is 37.4 Å². The van der Waals surface area contributed by atoms with E-state index in [1.807, 2.05) is 18.2 Å². The van der Waals surface area contributed by atoms with Crippen LogP contribution in [-0.2, 0) is 16.0 Å².